The van der Waals surface area contributed by atoms with E-state index in [-0.39, 0.29) is 11.8 Å². The van der Waals surface area contributed by atoms with Crippen LogP contribution in [0.5, 0.6) is 0 Å². The number of carbonyl (C=O) groups excluding carboxylic acids is 2. The SMILES string of the molecule is CC(=O)N[C@@H](C)C(=O)N1CCC(c2cc(C)[nH]n2)CC1. The quantitative estimate of drug-likeness (QED) is 0.864. The minimum Gasteiger partial charge on any atom is -0.345 e. The summed E-state index contributed by atoms with van der Waals surface area (Å²) in [6.45, 7) is 6.59. The first kappa shape index (κ1) is 14.6. The zero-order valence-electron chi connectivity index (χ0n) is 12.3. The summed E-state index contributed by atoms with van der Waals surface area (Å²) in [4.78, 5) is 25.0. The first-order valence-corrected chi connectivity index (χ1v) is 7.05. The van der Waals surface area contributed by atoms with Crippen LogP contribution in [0.3, 0.4) is 0 Å². The van der Waals surface area contributed by atoms with Gasteiger partial charge >= 0.3 is 0 Å². The summed E-state index contributed by atoms with van der Waals surface area (Å²) in [5.74, 6) is 0.240. The Kier molecular flexibility index (Phi) is 4.42. The van der Waals surface area contributed by atoms with Crippen LogP contribution in [0, 0.1) is 6.92 Å². The van der Waals surface area contributed by atoms with E-state index in [1.807, 2.05) is 11.8 Å². The number of hydrogen-bond donors (Lipinski definition) is 2. The highest BCUT2D eigenvalue weighted by molar-refractivity contribution is 5.86. The number of aromatic amines is 1. The van der Waals surface area contributed by atoms with Gasteiger partial charge in [0.05, 0.1) is 5.69 Å². The Morgan fingerprint density at radius 3 is 2.60 bits per heavy atom. The molecule has 0 spiro atoms. The van der Waals surface area contributed by atoms with Crippen molar-refractivity contribution in [2.24, 2.45) is 0 Å². The number of aromatic nitrogens is 2. The number of carbonyl (C=O) groups is 2. The van der Waals surface area contributed by atoms with Crippen molar-refractivity contribution in [2.45, 2.75) is 45.6 Å². The van der Waals surface area contributed by atoms with Gasteiger partial charge in [-0.1, -0.05) is 0 Å². The maximum atomic E-state index is 12.2. The largest absolute Gasteiger partial charge is 0.345 e. The summed E-state index contributed by atoms with van der Waals surface area (Å²) < 4.78 is 0. The second-order valence-corrected chi connectivity index (χ2v) is 5.50. The van der Waals surface area contributed by atoms with Crippen molar-refractivity contribution in [3.05, 3.63) is 17.5 Å². The summed E-state index contributed by atoms with van der Waals surface area (Å²) in [5, 5.41) is 9.90. The fourth-order valence-electron chi connectivity index (χ4n) is 2.68. The van der Waals surface area contributed by atoms with Gasteiger partial charge in [-0.25, -0.2) is 0 Å². The Morgan fingerprint density at radius 2 is 2.10 bits per heavy atom. The van der Waals surface area contributed by atoms with Crippen LogP contribution in [0.2, 0.25) is 0 Å². The van der Waals surface area contributed by atoms with Crippen molar-refractivity contribution in [2.75, 3.05) is 13.1 Å². The smallest absolute Gasteiger partial charge is 0.244 e. The zero-order valence-corrected chi connectivity index (χ0v) is 12.3. The number of nitrogens with zero attached hydrogens (tertiary/aromatic N) is 2. The van der Waals surface area contributed by atoms with E-state index in [4.69, 9.17) is 0 Å². The predicted octanol–water partition coefficient (Wildman–Crippen LogP) is 0.949. The van der Waals surface area contributed by atoms with Gasteiger partial charge in [-0.3, -0.25) is 14.7 Å². The summed E-state index contributed by atoms with van der Waals surface area (Å²) in [6, 6.07) is 1.62. The predicted molar refractivity (Wildman–Crippen MR) is 75.2 cm³/mol. The molecule has 110 valence electrons. The molecule has 0 bridgehead atoms. The second-order valence-electron chi connectivity index (χ2n) is 5.50. The van der Waals surface area contributed by atoms with E-state index in [0.717, 1.165) is 37.3 Å². The van der Waals surface area contributed by atoms with Crippen LogP contribution in [-0.2, 0) is 9.59 Å². The fraction of sp³-hybridized carbons (Fsp3) is 0.643. The summed E-state index contributed by atoms with van der Waals surface area (Å²) in [5.41, 5.74) is 2.15. The molecule has 2 amide bonds. The molecule has 1 fully saturated rings. The number of rotatable bonds is 3. The van der Waals surface area contributed by atoms with Gasteiger partial charge in [0.1, 0.15) is 6.04 Å². The molecule has 0 unspecified atom stereocenters. The molecule has 0 radical (unpaired) electrons. The lowest BCUT2D eigenvalue weighted by atomic mass is 9.93. The molecule has 1 aromatic heterocycles. The average molecular weight is 278 g/mol. The highest BCUT2D eigenvalue weighted by atomic mass is 16.2. The fourth-order valence-corrected chi connectivity index (χ4v) is 2.68. The number of hydrogen-bond acceptors (Lipinski definition) is 3. The van der Waals surface area contributed by atoms with Gasteiger partial charge in [-0.15, -0.1) is 0 Å². The van der Waals surface area contributed by atoms with Crippen LogP contribution in [0.1, 0.15) is 44.0 Å². The molecule has 1 saturated heterocycles. The zero-order chi connectivity index (χ0) is 14.7. The lowest BCUT2D eigenvalue weighted by molar-refractivity contribution is -0.136. The second kappa shape index (κ2) is 6.07. The molecule has 6 heteroatoms. The first-order valence-electron chi connectivity index (χ1n) is 7.05. The van der Waals surface area contributed by atoms with Crippen LogP contribution in [0.4, 0.5) is 0 Å². The standard InChI is InChI=1S/C14H22N4O2/c1-9-8-13(17-16-9)12-4-6-18(7-5-12)14(20)10(2)15-11(3)19/h8,10,12H,4-7H2,1-3H3,(H,15,19)(H,16,17)/t10-/m0/s1. The number of amides is 2. The number of likely N-dealkylation sites (tertiary alicyclic amines) is 1. The lowest BCUT2D eigenvalue weighted by Crippen LogP contribution is -2.48. The molecule has 1 atom stereocenters. The minimum atomic E-state index is -0.448. The number of aryl methyl sites for hydroxylation is 1. The molecule has 1 aliphatic heterocycles. The first-order chi connectivity index (χ1) is 9.47. The molecule has 0 aliphatic carbocycles. The highest BCUT2D eigenvalue weighted by Gasteiger charge is 2.27. The molecular formula is C14H22N4O2. The Labute approximate surface area is 118 Å². The van der Waals surface area contributed by atoms with Crippen LogP contribution in [-0.4, -0.2) is 46.0 Å². The number of piperidine rings is 1. The minimum absolute atomic E-state index is 0.00291. The summed E-state index contributed by atoms with van der Waals surface area (Å²) >= 11 is 0. The normalized spacial score (nSPS) is 17.9. The maximum absolute atomic E-state index is 12.2. The molecule has 6 nitrogen and oxygen atoms in total. The Morgan fingerprint density at radius 1 is 1.45 bits per heavy atom. The van der Waals surface area contributed by atoms with E-state index in [1.165, 1.54) is 6.92 Å². The van der Waals surface area contributed by atoms with Crippen molar-refractivity contribution in [1.82, 2.24) is 20.4 Å². The van der Waals surface area contributed by atoms with Crippen molar-refractivity contribution >= 4 is 11.8 Å². The van der Waals surface area contributed by atoms with Crippen molar-refractivity contribution in [1.29, 1.82) is 0 Å². The molecule has 1 aromatic rings. The molecular weight excluding hydrogens is 256 g/mol. The van der Waals surface area contributed by atoms with Crippen molar-refractivity contribution in [3.8, 4) is 0 Å². The highest BCUT2D eigenvalue weighted by Crippen LogP contribution is 2.27. The maximum Gasteiger partial charge on any atom is 0.244 e. The van der Waals surface area contributed by atoms with Gasteiger partial charge < -0.3 is 10.2 Å². The van der Waals surface area contributed by atoms with Gasteiger partial charge in [-0.05, 0) is 32.8 Å². The van der Waals surface area contributed by atoms with Gasteiger partial charge in [0.15, 0.2) is 0 Å². The van der Waals surface area contributed by atoms with Gasteiger partial charge in [0, 0.05) is 31.6 Å². The van der Waals surface area contributed by atoms with Crippen LogP contribution in [0.25, 0.3) is 0 Å². The van der Waals surface area contributed by atoms with Crippen molar-refractivity contribution < 1.29 is 9.59 Å². The Hall–Kier alpha value is -1.85. The van der Waals surface area contributed by atoms with Crippen molar-refractivity contribution in [3.63, 3.8) is 0 Å². The van der Waals surface area contributed by atoms with Gasteiger partial charge in [0.25, 0.3) is 0 Å². The third kappa shape index (κ3) is 3.37. The third-order valence-electron chi connectivity index (χ3n) is 3.74. The van der Waals surface area contributed by atoms with Crippen LogP contribution in [0.15, 0.2) is 6.07 Å². The molecule has 0 aromatic carbocycles. The summed E-state index contributed by atoms with van der Waals surface area (Å²) in [6.07, 6.45) is 1.84. The Bertz CT molecular complexity index is 489. The van der Waals surface area contributed by atoms with E-state index in [2.05, 4.69) is 21.6 Å². The van der Waals surface area contributed by atoms with E-state index >= 15 is 0 Å². The van der Waals surface area contributed by atoms with Crippen LogP contribution < -0.4 is 5.32 Å². The number of H-pyrrole nitrogens is 1. The summed E-state index contributed by atoms with van der Waals surface area (Å²) in [7, 11) is 0. The van der Waals surface area contributed by atoms with E-state index in [1.54, 1.807) is 6.92 Å². The molecule has 2 N–H and O–H groups in total. The number of nitrogens with one attached hydrogen (secondary N) is 2. The molecule has 20 heavy (non-hydrogen) atoms. The van der Waals surface area contributed by atoms with E-state index in [0.29, 0.717) is 5.92 Å². The average Bonchev–Trinajstić information content (AvgIpc) is 2.84. The van der Waals surface area contributed by atoms with E-state index in [9.17, 15) is 9.59 Å². The monoisotopic (exact) mass is 278 g/mol. The molecule has 2 heterocycles. The van der Waals surface area contributed by atoms with Gasteiger partial charge in [0.2, 0.25) is 11.8 Å². The van der Waals surface area contributed by atoms with Gasteiger partial charge in [-0.2, -0.15) is 5.10 Å². The lowest BCUT2D eigenvalue weighted by Gasteiger charge is -2.33. The topological polar surface area (TPSA) is 78.1 Å². The van der Waals surface area contributed by atoms with Crippen LogP contribution >= 0.6 is 0 Å². The molecule has 1 aliphatic rings. The molecule has 0 saturated carbocycles. The van der Waals surface area contributed by atoms with E-state index < -0.39 is 6.04 Å². The third-order valence-corrected chi connectivity index (χ3v) is 3.74. The molecule has 2 rings (SSSR count). The Balaban J connectivity index is 1.87.